The van der Waals surface area contributed by atoms with Crippen LogP contribution in [-0.4, -0.2) is 45.5 Å². The van der Waals surface area contributed by atoms with Crippen molar-refractivity contribution in [1.29, 1.82) is 0 Å². The van der Waals surface area contributed by atoms with Gasteiger partial charge in [0.1, 0.15) is 0 Å². The molecule has 0 radical (unpaired) electrons. The summed E-state index contributed by atoms with van der Waals surface area (Å²) in [4.78, 5) is 6.76. The molecule has 2 aromatic heterocycles. The molecule has 0 amide bonds. The fourth-order valence-electron chi connectivity index (χ4n) is 3.12. The first-order valence-electron chi connectivity index (χ1n) is 8.59. The Labute approximate surface area is 147 Å². The molecular formula is C19H22N4O2. The fraction of sp³-hybridized carbons (Fsp3) is 0.368. The molecule has 1 fully saturated rings. The quantitative estimate of drug-likeness (QED) is 0.716. The van der Waals surface area contributed by atoms with E-state index >= 15 is 0 Å². The number of morpholine rings is 1. The minimum atomic E-state index is 0.136. The van der Waals surface area contributed by atoms with Crippen LogP contribution in [0.1, 0.15) is 11.5 Å². The van der Waals surface area contributed by atoms with E-state index in [-0.39, 0.29) is 6.10 Å². The van der Waals surface area contributed by atoms with Crippen molar-refractivity contribution >= 4 is 0 Å². The van der Waals surface area contributed by atoms with Crippen molar-refractivity contribution in [2.75, 3.05) is 19.7 Å². The van der Waals surface area contributed by atoms with Crippen LogP contribution in [0.5, 0.6) is 0 Å². The number of nitrogens with zero attached hydrogens (tertiary/aromatic N) is 4. The zero-order chi connectivity index (χ0) is 17.1. The predicted molar refractivity (Wildman–Crippen MR) is 93.9 cm³/mol. The summed E-state index contributed by atoms with van der Waals surface area (Å²) in [5.41, 5.74) is 2.22. The van der Waals surface area contributed by atoms with Gasteiger partial charge in [-0.15, -0.1) is 0 Å². The molecule has 3 heterocycles. The molecule has 1 saturated heterocycles. The lowest BCUT2D eigenvalue weighted by atomic mass is 10.2. The lowest BCUT2D eigenvalue weighted by Gasteiger charge is -2.32. The van der Waals surface area contributed by atoms with Crippen LogP contribution >= 0.6 is 0 Å². The Bertz CT molecular complexity index is 812. The maximum absolute atomic E-state index is 5.92. The molecule has 6 nitrogen and oxygen atoms in total. The number of ether oxygens (including phenoxy) is 1. The summed E-state index contributed by atoms with van der Waals surface area (Å²) in [7, 11) is 0. The smallest absolute Gasteiger partial charge is 0.209 e. The number of benzene rings is 1. The van der Waals surface area contributed by atoms with Gasteiger partial charge in [0.15, 0.2) is 5.76 Å². The van der Waals surface area contributed by atoms with Gasteiger partial charge in [-0.3, -0.25) is 9.58 Å². The largest absolute Gasteiger partial charge is 0.439 e. The second-order valence-electron chi connectivity index (χ2n) is 6.45. The summed E-state index contributed by atoms with van der Waals surface area (Å²) in [6, 6.07) is 10.1. The molecule has 1 aliphatic rings. The van der Waals surface area contributed by atoms with E-state index in [0.717, 1.165) is 43.5 Å². The number of rotatable bonds is 5. The lowest BCUT2D eigenvalue weighted by molar-refractivity contribution is -0.0422. The maximum atomic E-state index is 5.92. The van der Waals surface area contributed by atoms with Crippen LogP contribution in [0.2, 0.25) is 0 Å². The highest BCUT2D eigenvalue weighted by Crippen LogP contribution is 2.21. The topological polar surface area (TPSA) is 56.3 Å². The number of aromatic nitrogens is 3. The molecular weight excluding hydrogens is 316 g/mol. The van der Waals surface area contributed by atoms with Gasteiger partial charge in [-0.05, 0) is 12.5 Å². The lowest BCUT2D eigenvalue weighted by Crippen LogP contribution is -2.43. The van der Waals surface area contributed by atoms with Gasteiger partial charge in [0.05, 0.1) is 38.2 Å². The van der Waals surface area contributed by atoms with Gasteiger partial charge < -0.3 is 9.15 Å². The Kier molecular flexibility index (Phi) is 4.63. The monoisotopic (exact) mass is 338 g/mol. The van der Waals surface area contributed by atoms with Crippen LogP contribution < -0.4 is 0 Å². The first-order valence-corrected chi connectivity index (χ1v) is 8.59. The van der Waals surface area contributed by atoms with Crippen molar-refractivity contribution in [3.05, 3.63) is 60.4 Å². The van der Waals surface area contributed by atoms with Crippen molar-refractivity contribution in [3.8, 4) is 11.3 Å². The summed E-state index contributed by atoms with van der Waals surface area (Å²) in [6.07, 6.45) is 5.85. The zero-order valence-electron chi connectivity index (χ0n) is 14.3. The minimum Gasteiger partial charge on any atom is -0.439 e. The molecule has 0 aliphatic carbocycles. The summed E-state index contributed by atoms with van der Waals surface area (Å²) in [6.45, 7) is 5.97. The molecule has 1 aromatic carbocycles. The van der Waals surface area contributed by atoms with Crippen molar-refractivity contribution < 1.29 is 9.15 Å². The van der Waals surface area contributed by atoms with E-state index in [0.29, 0.717) is 6.54 Å². The predicted octanol–water partition coefficient (Wildman–Crippen LogP) is 2.75. The van der Waals surface area contributed by atoms with Gasteiger partial charge in [0, 0.05) is 24.8 Å². The summed E-state index contributed by atoms with van der Waals surface area (Å²) < 4.78 is 13.7. The second-order valence-corrected chi connectivity index (χ2v) is 6.45. The molecule has 0 N–H and O–H groups in total. The standard InChI is InChI=1S/C19H22N4O2/c1-15-9-21-23(11-15)13-17-12-22(7-8-24-17)14-19-20-10-18(25-19)16-5-3-2-4-6-16/h2-6,9-11,17H,7-8,12-14H2,1H3. The van der Waals surface area contributed by atoms with Crippen LogP contribution in [0.4, 0.5) is 0 Å². The SMILES string of the molecule is Cc1cnn(CC2CN(Cc3ncc(-c4ccccc4)o3)CCO2)c1. The molecule has 130 valence electrons. The van der Waals surface area contributed by atoms with E-state index in [4.69, 9.17) is 9.15 Å². The van der Waals surface area contributed by atoms with Gasteiger partial charge >= 0.3 is 0 Å². The fourth-order valence-corrected chi connectivity index (χ4v) is 3.12. The highest BCUT2D eigenvalue weighted by atomic mass is 16.5. The Morgan fingerprint density at radius 2 is 2.08 bits per heavy atom. The number of aryl methyl sites for hydroxylation is 1. The minimum absolute atomic E-state index is 0.136. The normalized spacial score (nSPS) is 18.5. The van der Waals surface area contributed by atoms with E-state index in [1.54, 1.807) is 6.20 Å². The van der Waals surface area contributed by atoms with Crippen molar-refractivity contribution in [3.63, 3.8) is 0 Å². The summed E-state index contributed by atoms with van der Waals surface area (Å²) in [5.74, 6) is 1.56. The van der Waals surface area contributed by atoms with E-state index in [1.165, 1.54) is 5.56 Å². The third-order valence-electron chi connectivity index (χ3n) is 4.35. The van der Waals surface area contributed by atoms with E-state index in [1.807, 2.05) is 54.3 Å². The first kappa shape index (κ1) is 16.1. The number of hydrogen-bond acceptors (Lipinski definition) is 5. The molecule has 3 aromatic rings. The Morgan fingerprint density at radius 1 is 1.20 bits per heavy atom. The van der Waals surface area contributed by atoms with E-state index in [2.05, 4.69) is 15.0 Å². The van der Waals surface area contributed by atoms with Crippen LogP contribution in [0.25, 0.3) is 11.3 Å². The van der Waals surface area contributed by atoms with Crippen molar-refractivity contribution in [1.82, 2.24) is 19.7 Å². The van der Waals surface area contributed by atoms with Crippen LogP contribution in [0.3, 0.4) is 0 Å². The third-order valence-corrected chi connectivity index (χ3v) is 4.35. The van der Waals surface area contributed by atoms with E-state index in [9.17, 15) is 0 Å². The summed E-state index contributed by atoms with van der Waals surface area (Å²) in [5, 5.41) is 4.34. The molecule has 1 aliphatic heterocycles. The van der Waals surface area contributed by atoms with Gasteiger partial charge in [0.2, 0.25) is 5.89 Å². The highest BCUT2D eigenvalue weighted by Gasteiger charge is 2.22. The first-order chi connectivity index (χ1) is 12.3. The van der Waals surface area contributed by atoms with E-state index < -0.39 is 0 Å². The van der Waals surface area contributed by atoms with Crippen molar-refractivity contribution in [2.45, 2.75) is 26.1 Å². The average molecular weight is 338 g/mol. The highest BCUT2D eigenvalue weighted by molar-refractivity contribution is 5.55. The Hall–Kier alpha value is -2.44. The second kappa shape index (κ2) is 7.21. The molecule has 4 rings (SSSR count). The number of hydrogen-bond donors (Lipinski definition) is 0. The van der Waals surface area contributed by atoms with Gasteiger partial charge in [0.25, 0.3) is 0 Å². The molecule has 0 bridgehead atoms. The molecule has 25 heavy (non-hydrogen) atoms. The maximum Gasteiger partial charge on any atom is 0.209 e. The molecule has 1 unspecified atom stereocenters. The van der Waals surface area contributed by atoms with Gasteiger partial charge in [-0.1, -0.05) is 30.3 Å². The average Bonchev–Trinajstić information content (AvgIpc) is 3.25. The Morgan fingerprint density at radius 3 is 2.88 bits per heavy atom. The van der Waals surface area contributed by atoms with Gasteiger partial charge in [-0.2, -0.15) is 5.10 Å². The Balaban J connectivity index is 1.37. The van der Waals surface area contributed by atoms with Crippen LogP contribution in [-0.2, 0) is 17.8 Å². The molecule has 6 heteroatoms. The van der Waals surface area contributed by atoms with Crippen molar-refractivity contribution in [2.24, 2.45) is 0 Å². The van der Waals surface area contributed by atoms with Gasteiger partial charge in [-0.25, -0.2) is 4.98 Å². The summed E-state index contributed by atoms with van der Waals surface area (Å²) >= 11 is 0. The van der Waals surface area contributed by atoms with Crippen LogP contribution in [0.15, 0.2) is 53.3 Å². The zero-order valence-corrected chi connectivity index (χ0v) is 14.3. The number of oxazole rings is 1. The molecule has 0 saturated carbocycles. The molecule has 1 atom stereocenters. The van der Waals surface area contributed by atoms with Crippen LogP contribution in [0, 0.1) is 6.92 Å². The third kappa shape index (κ3) is 3.97. The molecule has 0 spiro atoms.